The lowest BCUT2D eigenvalue weighted by Crippen LogP contribution is -2.71. The van der Waals surface area contributed by atoms with Crippen LogP contribution < -0.4 is 18.9 Å². The van der Waals surface area contributed by atoms with Gasteiger partial charge >= 0.3 is 3.41 Å². The van der Waals surface area contributed by atoms with Gasteiger partial charge in [-0.15, -0.1) is 0 Å². The monoisotopic (exact) mass is 1050 g/mol. The fraction of sp³-hybridized carbons (Fsp3) is 0.918. The van der Waals surface area contributed by atoms with E-state index >= 15 is 25.3 Å². The molecular weight excluding hydrogens is 957 g/mol. The molecule has 1 atom stereocenters. The molecule has 0 amide bonds. The maximum absolute atomic E-state index is 15.2. The zero-order valence-corrected chi connectivity index (χ0v) is 45.7. The summed E-state index contributed by atoms with van der Waals surface area (Å²) in [6.45, 7) is 0.937. The van der Waals surface area contributed by atoms with Crippen LogP contribution in [-0.4, -0.2) is 68.5 Å². The van der Waals surface area contributed by atoms with Crippen LogP contribution in [0.2, 0.25) is 0 Å². The molecule has 0 heterocycles. The van der Waals surface area contributed by atoms with Gasteiger partial charge in [-0.3, -0.25) is 0 Å². The number of rotatable bonds is 51. The molecule has 0 aromatic carbocycles. The molecule has 0 saturated carbocycles. The summed E-state index contributed by atoms with van der Waals surface area (Å²) in [4.78, 5) is 0. The molecule has 0 bridgehead atoms. The maximum Gasteiger partial charge on any atom is 0.330 e. The van der Waals surface area contributed by atoms with Gasteiger partial charge in [0, 0.05) is 51.9 Å². The Labute approximate surface area is 421 Å². The lowest BCUT2D eigenvalue weighted by Gasteiger charge is -2.38. The van der Waals surface area contributed by atoms with E-state index in [-0.39, 0.29) is 51.9 Å². The Balaban J connectivity index is 7.10. The fourth-order valence-electron chi connectivity index (χ4n) is 8.50. The van der Waals surface area contributed by atoms with E-state index in [1.54, 1.807) is 0 Å². The quantitative estimate of drug-likeness (QED) is 0.0414. The van der Waals surface area contributed by atoms with Gasteiger partial charge in [-0.1, -0.05) is 167 Å². The molecule has 0 radical (unpaired) electrons. The van der Waals surface area contributed by atoms with Crippen LogP contribution in [0.4, 0.5) is 0 Å². The number of hydrogen-bond acceptors (Lipinski definition) is 12. The van der Waals surface area contributed by atoms with E-state index < -0.39 is 55.2 Å². The van der Waals surface area contributed by atoms with Crippen molar-refractivity contribution in [1.29, 1.82) is 21.0 Å². The highest BCUT2D eigenvalue weighted by Crippen LogP contribution is 2.40. The van der Waals surface area contributed by atoms with Crippen molar-refractivity contribution < 1.29 is 33.7 Å². The van der Waals surface area contributed by atoms with Crippen LogP contribution in [0.1, 0.15) is 251 Å². The van der Waals surface area contributed by atoms with E-state index in [1.807, 2.05) is 6.92 Å². The summed E-state index contributed by atoms with van der Waals surface area (Å²) in [6.07, 6.45) is 24.4. The molecule has 0 fully saturated rings. The summed E-state index contributed by atoms with van der Waals surface area (Å²) in [5.74, 6) is 0. The Morgan fingerprint density at radius 2 is 0.565 bits per heavy atom. The summed E-state index contributed by atoms with van der Waals surface area (Å²) >= 11 is 0. The van der Waals surface area contributed by atoms with E-state index in [1.165, 1.54) is 0 Å². The first-order valence-corrected chi connectivity index (χ1v) is 32.6. The first-order valence-electron chi connectivity index (χ1n) is 26.6. The summed E-state index contributed by atoms with van der Waals surface area (Å²) in [6, 6.07) is 8.52. The minimum Gasteiger partial charge on any atom is -0.215 e. The second kappa shape index (κ2) is 42.1. The first kappa shape index (κ1) is 66.6. The van der Waals surface area contributed by atoms with Gasteiger partial charge in [0.2, 0.25) is 10.0 Å². The number of unbranched alkanes of at least 4 members (excludes halogenated alkanes) is 32. The largest absolute Gasteiger partial charge is 0.330 e. The summed E-state index contributed by atoms with van der Waals surface area (Å²) in [7, 11) is -21.7. The molecule has 20 heteroatoms. The maximum atomic E-state index is 15.2. The van der Waals surface area contributed by atoms with Gasteiger partial charge in [0.25, 0.3) is 30.1 Å². The van der Waals surface area contributed by atoms with Crippen molar-refractivity contribution >= 4 is 40.1 Å². The Morgan fingerprint density at radius 1 is 0.333 bits per heavy atom. The van der Waals surface area contributed by atoms with Crippen molar-refractivity contribution in [3.63, 3.8) is 0 Å². The summed E-state index contributed by atoms with van der Waals surface area (Å²) in [5, 5.41) is 32.8. The van der Waals surface area contributed by atoms with Gasteiger partial charge in [0.1, 0.15) is 5.25 Å². The van der Waals surface area contributed by atoms with Crippen molar-refractivity contribution in [1.82, 2.24) is 18.9 Å². The third-order valence-corrected chi connectivity index (χ3v) is 23.7. The van der Waals surface area contributed by atoms with Crippen LogP contribution in [-0.2, 0) is 40.1 Å². The molecule has 0 aliphatic rings. The number of nitriles is 4. The molecule has 4 N–H and O–H groups in total. The van der Waals surface area contributed by atoms with Gasteiger partial charge in [-0.25, -0.2) is 52.6 Å². The van der Waals surface area contributed by atoms with Crippen molar-refractivity contribution in [2.45, 2.75) is 260 Å². The number of nitrogens with one attached hydrogen (secondary N) is 4. The molecule has 400 valence electrons. The molecule has 1 unspecified atom stereocenters. The molecule has 0 aliphatic heterocycles. The minimum absolute atomic E-state index is 0.0663. The minimum atomic E-state index is -5.58. The second-order valence-electron chi connectivity index (χ2n) is 18.5. The van der Waals surface area contributed by atoms with E-state index in [0.29, 0.717) is 70.6 Å². The van der Waals surface area contributed by atoms with E-state index in [9.17, 15) is 8.42 Å². The van der Waals surface area contributed by atoms with Crippen LogP contribution in [0.5, 0.6) is 0 Å². The number of nitrogens with zero attached hydrogens (tertiary/aromatic N) is 4. The van der Waals surface area contributed by atoms with Gasteiger partial charge in [-0.2, -0.15) is 21.0 Å². The molecular formula is C49H92N8O8S4. The molecule has 0 rings (SSSR count). The lowest BCUT2D eigenvalue weighted by molar-refractivity contribution is 0.488. The van der Waals surface area contributed by atoms with Gasteiger partial charge < -0.3 is 0 Å². The predicted octanol–water partition coefficient (Wildman–Crippen LogP) is 10.6. The molecule has 0 aromatic rings. The van der Waals surface area contributed by atoms with Crippen molar-refractivity contribution in [3.8, 4) is 24.3 Å². The number of hydrogen-bond donors (Lipinski definition) is 4. The smallest absolute Gasteiger partial charge is 0.215 e. The lowest BCUT2D eigenvalue weighted by atomic mass is 10.1. The average Bonchev–Trinajstić information content (AvgIpc) is 3.30. The third-order valence-electron chi connectivity index (χ3n) is 12.5. The normalized spacial score (nSPS) is 12.8. The van der Waals surface area contributed by atoms with Crippen LogP contribution in [0, 0.1) is 45.3 Å². The molecule has 0 aliphatic carbocycles. The van der Waals surface area contributed by atoms with Gasteiger partial charge in [-0.05, 0) is 57.8 Å². The zero-order valence-electron chi connectivity index (χ0n) is 42.5. The van der Waals surface area contributed by atoms with Crippen molar-refractivity contribution in [2.75, 3.05) is 26.2 Å². The van der Waals surface area contributed by atoms with E-state index in [4.69, 9.17) is 21.0 Å². The van der Waals surface area contributed by atoms with E-state index in [0.717, 1.165) is 141 Å². The Hall–Kier alpha value is -2.40. The van der Waals surface area contributed by atoms with Gasteiger partial charge in [0.15, 0.2) is 0 Å². The van der Waals surface area contributed by atoms with Crippen LogP contribution in [0.15, 0.2) is 0 Å². The van der Waals surface area contributed by atoms with Crippen molar-refractivity contribution in [2.24, 2.45) is 0 Å². The highest BCUT2D eigenvalue weighted by atomic mass is 32.3. The topological polar surface area (TPSA) is 280 Å². The highest BCUT2D eigenvalue weighted by molar-refractivity contribution is 8.25. The molecule has 0 spiro atoms. The highest BCUT2D eigenvalue weighted by Gasteiger charge is 2.72. The Morgan fingerprint density at radius 3 is 0.841 bits per heavy atom. The predicted molar refractivity (Wildman–Crippen MR) is 278 cm³/mol. The zero-order chi connectivity index (χ0) is 51.4. The number of sulfonamides is 4. The van der Waals surface area contributed by atoms with Crippen LogP contribution in [0.3, 0.4) is 0 Å². The molecule has 0 aromatic heterocycles. The van der Waals surface area contributed by atoms with Crippen molar-refractivity contribution in [3.05, 3.63) is 0 Å². The Bertz CT molecular complexity index is 1770. The first-order chi connectivity index (χ1) is 33.2. The average molecular weight is 1050 g/mol. The molecule has 16 nitrogen and oxygen atoms in total. The fourth-order valence-corrected chi connectivity index (χ4v) is 20.0. The van der Waals surface area contributed by atoms with E-state index in [2.05, 4.69) is 43.2 Å². The second-order valence-corrected chi connectivity index (χ2v) is 27.0. The summed E-state index contributed by atoms with van der Waals surface area (Å²) < 4.78 is 126. The molecule has 69 heavy (non-hydrogen) atoms. The SMILES string of the molecule is CCCCCCCC(C(S(=O)(=O)NCCCCCCCCCC#N)(S(=O)(=O)NCCCCCCCCCC#N)S(=O)(=O)NCCCCCCCCCC#N)S(=O)(=O)NCCCCCCCCCC#N. The van der Waals surface area contributed by atoms with Crippen LogP contribution >= 0.6 is 0 Å². The third kappa shape index (κ3) is 29.0. The summed E-state index contributed by atoms with van der Waals surface area (Å²) in [5.41, 5.74) is 0. The van der Waals surface area contributed by atoms with Crippen LogP contribution in [0.25, 0.3) is 0 Å². The molecule has 0 saturated heterocycles. The standard InChI is InChI=1S/C49H92N8O8S4/c1-2-3-4-21-30-39-48(66(58,59)54-44-35-26-17-9-5-13-22-31-40-50)49(67(60,61)55-45-36-27-18-10-6-14-23-32-41-51,68(62,63)56-46-37-28-19-11-7-15-24-33-42-52)69(64,65)57-47-38-29-20-12-8-16-25-34-43-53/h48,54-57H,2-39,44-47H2,1H3. The Kier molecular flexibility index (Phi) is 40.7. The van der Waals surface area contributed by atoms with Gasteiger partial charge in [0.05, 0.1) is 24.3 Å².